The lowest BCUT2D eigenvalue weighted by Crippen LogP contribution is -2.44. The molecule has 0 saturated heterocycles. The van der Waals surface area contributed by atoms with Gasteiger partial charge in [0.1, 0.15) is 6.54 Å². The van der Waals surface area contributed by atoms with E-state index >= 15 is 0 Å². The quantitative estimate of drug-likeness (QED) is 0.580. The summed E-state index contributed by atoms with van der Waals surface area (Å²) in [5.41, 5.74) is 1.03. The fourth-order valence-corrected chi connectivity index (χ4v) is 2.51. The van der Waals surface area contributed by atoms with Gasteiger partial charge in [0, 0.05) is 19.5 Å². The fourth-order valence-electron chi connectivity index (χ4n) is 2.51. The molecule has 1 unspecified atom stereocenters. The summed E-state index contributed by atoms with van der Waals surface area (Å²) in [7, 11) is 0. The minimum atomic E-state index is -0.476. The molecule has 7 nitrogen and oxygen atoms in total. The van der Waals surface area contributed by atoms with Gasteiger partial charge in [0.15, 0.2) is 0 Å². The van der Waals surface area contributed by atoms with E-state index in [1.807, 2.05) is 44.2 Å². The Morgan fingerprint density at radius 1 is 1.11 bits per heavy atom. The molecule has 0 bridgehead atoms. The first-order valence-corrected chi connectivity index (χ1v) is 9.50. The summed E-state index contributed by atoms with van der Waals surface area (Å²) < 4.78 is 4.80. The molecular weight excluding hydrogens is 346 g/mol. The Labute approximate surface area is 161 Å². The van der Waals surface area contributed by atoms with Crippen LogP contribution in [0.25, 0.3) is 0 Å². The van der Waals surface area contributed by atoms with Crippen LogP contribution in [-0.2, 0) is 14.3 Å². The summed E-state index contributed by atoms with van der Waals surface area (Å²) in [6.45, 7) is 6.59. The largest absolute Gasteiger partial charge is 0.465 e. The van der Waals surface area contributed by atoms with Crippen molar-refractivity contribution in [3.8, 4) is 0 Å². The number of carbonyl (C=O) groups is 3. The lowest BCUT2D eigenvalue weighted by Gasteiger charge is -2.23. The molecular formula is C20H31N3O4. The molecule has 1 aromatic rings. The van der Waals surface area contributed by atoms with E-state index in [-0.39, 0.29) is 37.6 Å². The number of amides is 3. The lowest BCUT2D eigenvalue weighted by molar-refractivity contribution is -0.141. The highest BCUT2D eigenvalue weighted by Crippen LogP contribution is 2.11. The number of rotatable bonds is 11. The van der Waals surface area contributed by atoms with E-state index in [1.165, 1.54) is 0 Å². The van der Waals surface area contributed by atoms with Crippen LogP contribution in [0.5, 0.6) is 0 Å². The summed E-state index contributed by atoms with van der Waals surface area (Å²) in [5, 5.41) is 5.49. The maximum Gasteiger partial charge on any atom is 0.325 e. The highest BCUT2D eigenvalue weighted by molar-refractivity contribution is 5.81. The van der Waals surface area contributed by atoms with Gasteiger partial charge in [-0.25, -0.2) is 4.79 Å². The minimum absolute atomic E-state index is 0.0968. The maximum atomic E-state index is 12.3. The Morgan fingerprint density at radius 3 is 2.44 bits per heavy atom. The van der Waals surface area contributed by atoms with Crippen LogP contribution in [0.2, 0.25) is 0 Å². The average molecular weight is 377 g/mol. The number of esters is 1. The Kier molecular flexibility index (Phi) is 10.6. The molecule has 1 aromatic carbocycles. The standard InChI is InChI=1S/C20H31N3O4/c1-4-6-13-23(20(26)21-15-19(25)27-5-2)14-12-18(24)22-16(3)17-10-8-7-9-11-17/h7-11,16H,4-6,12-15H2,1-3H3,(H,21,26)(H,22,24). The number of urea groups is 1. The second kappa shape index (κ2) is 12.7. The molecule has 0 radical (unpaired) electrons. The van der Waals surface area contributed by atoms with E-state index in [2.05, 4.69) is 10.6 Å². The van der Waals surface area contributed by atoms with Crippen LogP contribution < -0.4 is 10.6 Å². The second-order valence-electron chi connectivity index (χ2n) is 6.25. The molecule has 0 aliphatic carbocycles. The number of benzene rings is 1. The molecule has 1 atom stereocenters. The number of hydrogen-bond donors (Lipinski definition) is 2. The average Bonchev–Trinajstić information content (AvgIpc) is 2.67. The van der Waals surface area contributed by atoms with Crippen molar-refractivity contribution < 1.29 is 19.1 Å². The van der Waals surface area contributed by atoms with Crippen molar-refractivity contribution in [2.75, 3.05) is 26.2 Å². The second-order valence-corrected chi connectivity index (χ2v) is 6.25. The molecule has 3 amide bonds. The molecule has 0 aromatic heterocycles. The predicted octanol–water partition coefficient (Wildman–Crippen LogP) is 2.63. The van der Waals surface area contributed by atoms with E-state index in [4.69, 9.17) is 4.74 Å². The molecule has 1 rings (SSSR count). The first-order chi connectivity index (χ1) is 13.0. The Hall–Kier alpha value is -2.57. The molecule has 0 aliphatic heterocycles. The Morgan fingerprint density at radius 2 is 1.81 bits per heavy atom. The number of unbranched alkanes of at least 4 members (excludes halogenated alkanes) is 1. The van der Waals surface area contributed by atoms with E-state index < -0.39 is 5.97 Å². The Balaban J connectivity index is 2.49. The lowest BCUT2D eigenvalue weighted by atomic mass is 10.1. The summed E-state index contributed by atoms with van der Waals surface area (Å²) in [4.78, 5) is 37.5. The van der Waals surface area contributed by atoms with Gasteiger partial charge >= 0.3 is 12.0 Å². The van der Waals surface area contributed by atoms with Gasteiger partial charge in [0.25, 0.3) is 0 Å². The van der Waals surface area contributed by atoms with Gasteiger partial charge in [-0.15, -0.1) is 0 Å². The van der Waals surface area contributed by atoms with Crippen molar-refractivity contribution in [2.45, 2.75) is 46.1 Å². The number of nitrogens with zero attached hydrogens (tertiary/aromatic N) is 1. The summed E-state index contributed by atoms with van der Waals surface area (Å²) in [5.74, 6) is -0.596. The number of carbonyl (C=O) groups excluding carboxylic acids is 3. The van der Waals surface area contributed by atoms with Crippen LogP contribution in [0, 0.1) is 0 Å². The van der Waals surface area contributed by atoms with Crippen LogP contribution in [0.4, 0.5) is 4.79 Å². The van der Waals surface area contributed by atoms with Gasteiger partial charge < -0.3 is 20.3 Å². The van der Waals surface area contributed by atoms with Crippen molar-refractivity contribution in [2.24, 2.45) is 0 Å². The topological polar surface area (TPSA) is 87.7 Å². The van der Waals surface area contributed by atoms with Crippen molar-refractivity contribution in [3.63, 3.8) is 0 Å². The van der Waals surface area contributed by atoms with E-state index in [0.717, 1.165) is 18.4 Å². The van der Waals surface area contributed by atoms with E-state index in [9.17, 15) is 14.4 Å². The highest BCUT2D eigenvalue weighted by atomic mass is 16.5. The van der Waals surface area contributed by atoms with Crippen molar-refractivity contribution in [1.82, 2.24) is 15.5 Å². The minimum Gasteiger partial charge on any atom is -0.465 e. The van der Waals surface area contributed by atoms with Crippen LogP contribution in [0.1, 0.15) is 51.6 Å². The zero-order valence-corrected chi connectivity index (χ0v) is 16.5. The van der Waals surface area contributed by atoms with E-state index in [0.29, 0.717) is 13.1 Å². The van der Waals surface area contributed by atoms with Gasteiger partial charge in [-0.05, 0) is 25.8 Å². The molecule has 0 fully saturated rings. The molecule has 0 aliphatic rings. The molecule has 27 heavy (non-hydrogen) atoms. The molecule has 0 heterocycles. The normalized spacial score (nSPS) is 11.4. The number of hydrogen-bond acceptors (Lipinski definition) is 4. The van der Waals surface area contributed by atoms with Gasteiger partial charge in [0.2, 0.25) is 5.91 Å². The van der Waals surface area contributed by atoms with Gasteiger partial charge in [-0.3, -0.25) is 9.59 Å². The predicted molar refractivity (Wildman–Crippen MR) is 104 cm³/mol. The van der Waals surface area contributed by atoms with Crippen LogP contribution in [0.3, 0.4) is 0 Å². The maximum absolute atomic E-state index is 12.3. The summed E-state index contributed by atoms with van der Waals surface area (Å²) in [6.07, 6.45) is 1.96. The Bertz CT molecular complexity index is 592. The van der Waals surface area contributed by atoms with Gasteiger partial charge in [-0.1, -0.05) is 43.7 Å². The third-order valence-corrected chi connectivity index (χ3v) is 4.04. The van der Waals surface area contributed by atoms with Crippen LogP contribution in [-0.4, -0.2) is 49.0 Å². The molecule has 0 spiro atoms. The highest BCUT2D eigenvalue weighted by Gasteiger charge is 2.16. The molecule has 150 valence electrons. The monoisotopic (exact) mass is 377 g/mol. The van der Waals surface area contributed by atoms with E-state index in [1.54, 1.807) is 11.8 Å². The first-order valence-electron chi connectivity index (χ1n) is 9.50. The fraction of sp³-hybridized carbons (Fsp3) is 0.550. The van der Waals surface area contributed by atoms with Gasteiger partial charge in [-0.2, -0.15) is 0 Å². The first kappa shape index (κ1) is 22.5. The zero-order valence-electron chi connectivity index (χ0n) is 16.5. The third-order valence-electron chi connectivity index (χ3n) is 4.04. The smallest absolute Gasteiger partial charge is 0.325 e. The van der Waals surface area contributed by atoms with Crippen molar-refractivity contribution >= 4 is 17.9 Å². The summed E-state index contributed by atoms with van der Waals surface area (Å²) >= 11 is 0. The SMILES string of the molecule is CCCCN(CCC(=O)NC(C)c1ccccc1)C(=O)NCC(=O)OCC. The van der Waals surface area contributed by atoms with Crippen LogP contribution in [0.15, 0.2) is 30.3 Å². The molecule has 0 saturated carbocycles. The van der Waals surface area contributed by atoms with Gasteiger partial charge in [0.05, 0.1) is 12.6 Å². The third kappa shape index (κ3) is 9.08. The number of ether oxygens (including phenoxy) is 1. The van der Waals surface area contributed by atoms with Crippen LogP contribution >= 0.6 is 0 Å². The van der Waals surface area contributed by atoms with Crippen molar-refractivity contribution in [3.05, 3.63) is 35.9 Å². The summed E-state index contributed by atoms with van der Waals surface area (Å²) in [6, 6.07) is 9.25. The molecule has 2 N–H and O–H groups in total. The number of nitrogens with one attached hydrogen (secondary N) is 2. The van der Waals surface area contributed by atoms with Crippen molar-refractivity contribution in [1.29, 1.82) is 0 Å². The zero-order chi connectivity index (χ0) is 20.1. The molecule has 7 heteroatoms.